The molecule has 1 aliphatic rings. The summed E-state index contributed by atoms with van der Waals surface area (Å²) in [5.74, 6) is 0.184. The summed E-state index contributed by atoms with van der Waals surface area (Å²) in [6.45, 7) is 0. The number of hydrogen-bond acceptors (Lipinski definition) is 1. The molecule has 1 aliphatic carbocycles. The molecular weight excluding hydrogens is 326 g/mol. The molecule has 108 valence electrons. The Morgan fingerprint density at radius 1 is 1.05 bits per heavy atom. The normalized spacial score (nSPS) is 14.0. The van der Waals surface area contributed by atoms with Crippen LogP contribution in [0.3, 0.4) is 0 Å². The zero-order valence-corrected chi connectivity index (χ0v) is 13.4. The fourth-order valence-electron chi connectivity index (χ4n) is 2.85. The molecule has 0 saturated carbocycles. The van der Waals surface area contributed by atoms with Crippen LogP contribution < -0.4 is 5.32 Å². The summed E-state index contributed by atoms with van der Waals surface area (Å²) < 4.78 is 0. The van der Waals surface area contributed by atoms with Gasteiger partial charge < -0.3 is 5.32 Å². The highest BCUT2D eigenvalue weighted by Gasteiger charge is 2.26. The van der Waals surface area contributed by atoms with Crippen LogP contribution >= 0.6 is 15.9 Å². The molecule has 1 N–H and O–H groups in total. The van der Waals surface area contributed by atoms with Gasteiger partial charge in [0.05, 0.1) is 0 Å². The molecule has 0 aromatic heterocycles. The van der Waals surface area contributed by atoms with Crippen molar-refractivity contribution in [2.24, 2.45) is 5.92 Å². The van der Waals surface area contributed by atoms with Crippen LogP contribution in [-0.4, -0.2) is 11.2 Å². The molecule has 0 aliphatic heterocycles. The topological polar surface area (TPSA) is 29.1 Å². The second-order valence-corrected chi connectivity index (χ2v) is 6.29. The number of nitrogens with one attached hydrogen (secondary N) is 1. The molecule has 0 radical (unpaired) electrons. The maximum absolute atomic E-state index is 12.4. The Kier molecular flexibility index (Phi) is 4.39. The Labute approximate surface area is 133 Å². The van der Waals surface area contributed by atoms with E-state index in [9.17, 15) is 4.79 Å². The molecule has 1 amide bonds. The molecule has 2 aromatic carbocycles. The lowest BCUT2D eigenvalue weighted by molar-refractivity contribution is -0.119. The number of rotatable bonds is 4. The molecule has 3 rings (SSSR count). The zero-order valence-electron chi connectivity index (χ0n) is 11.8. The van der Waals surface area contributed by atoms with Crippen molar-refractivity contribution in [1.29, 1.82) is 0 Å². The third-order valence-electron chi connectivity index (χ3n) is 4.03. The van der Waals surface area contributed by atoms with Crippen molar-refractivity contribution in [3.8, 4) is 0 Å². The van der Waals surface area contributed by atoms with Gasteiger partial charge in [-0.3, -0.25) is 4.79 Å². The van der Waals surface area contributed by atoms with E-state index in [-0.39, 0.29) is 11.8 Å². The number of carbonyl (C=O) groups is 1. The summed E-state index contributed by atoms with van der Waals surface area (Å²) in [6, 6.07) is 16.4. The molecule has 21 heavy (non-hydrogen) atoms. The number of halogens is 1. The maximum atomic E-state index is 12.4. The molecule has 0 unspecified atom stereocenters. The highest BCUT2D eigenvalue weighted by molar-refractivity contribution is 9.09. The first-order chi connectivity index (χ1) is 10.3. The predicted molar refractivity (Wildman–Crippen MR) is 89.9 cm³/mol. The molecule has 0 fully saturated rings. The van der Waals surface area contributed by atoms with E-state index in [0.29, 0.717) is 0 Å². The molecule has 0 heterocycles. The summed E-state index contributed by atoms with van der Waals surface area (Å²) in [4.78, 5) is 12.4. The van der Waals surface area contributed by atoms with Crippen LogP contribution in [0.1, 0.15) is 16.7 Å². The Morgan fingerprint density at radius 3 is 2.24 bits per heavy atom. The summed E-state index contributed by atoms with van der Waals surface area (Å²) >= 11 is 3.43. The quantitative estimate of drug-likeness (QED) is 0.836. The number of alkyl halides is 1. The average molecular weight is 344 g/mol. The van der Waals surface area contributed by atoms with Gasteiger partial charge in [-0.05, 0) is 48.1 Å². The van der Waals surface area contributed by atoms with E-state index in [2.05, 4.69) is 45.5 Å². The predicted octanol–water partition coefficient (Wildman–Crippen LogP) is 3.98. The molecule has 2 aromatic rings. The summed E-state index contributed by atoms with van der Waals surface area (Å²) in [7, 11) is 0. The van der Waals surface area contributed by atoms with Crippen LogP contribution in [0.5, 0.6) is 0 Å². The minimum atomic E-state index is 0.0598. The van der Waals surface area contributed by atoms with Crippen molar-refractivity contribution in [1.82, 2.24) is 0 Å². The molecule has 0 atom stereocenters. The first-order valence-electron chi connectivity index (χ1n) is 7.29. The monoisotopic (exact) mass is 343 g/mol. The van der Waals surface area contributed by atoms with Gasteiger partial charge in [0.15, 0.2) is 0 Å². The number of carbonyl (C=O) groups excluding carboxylic acids is 1. The van der Waals surface area contributed by atoms with E-state index < -0.39 is 0 Å². The van der Waals surface area contributed by atoms with E-state index in [1.807, 2.05) is 24.3 Å². The van der Waals surface area contributed by atoms with E-state index in [4.69, 9.17) is 0 Å². The standard InChI is InChI=1S/C18H18BrNO/c19-10-9-13-5-7-17(8-6-13)20-18(21)16-11-14-3-1-2-4-15(14)12-16/h1-8,16H,9-12H2,(H,20,21). The van der Waals surface area contributed by atoms with E-state index in [0.717, 1.165) is 30.3 Å². The third-order valence-corrected chi connectivity index (χ3v) is 4.42. The van der Waals surface area contributed by atoms with E-state index in [1.165, 1.54) is 16.7 Å². The minimum absolute atomic E-state index is 0.0598. The van der Waals surface area contributed by atoms with Crippen LogP contribution in [0.15, 0.2) is 48.5 Å². The molecule has 3 heteroatoms. The maximum Gasteiger partial charge on any atom is 0.228 e. The summed E-state index contributed by atoms with van der Waals surface area (Å²) in [5.41, 5.74) is 4.78. The first-order valence-corrected chi connectivity index (χ1v) is 8.41. The van der Waals surface area contributed by atoms with Gasteiger partial charge in [0.25, 0.3) is 0 Å². The van der Waals surface area contributed by atoms with Gasteiger partial charge in [0.2, 0.25) is 5.91 Å². The third kappa shape index (κ3) is 3.35. The van der Waals surface area contributed by atoms with Crippen molar-refractivity contribution in [3.63, 3.8) is 0 Å². The second-order valence-electron chi connectivity index (χ2n) is 5.50. The highest BCUT2D eigenvalue weighted by atomic mass is 79.9. The number of fused-ring (bicyclic) bond motifs is 1. The molecule has 0 bridgehead atoms. The van der Waals surface area contributed by atoms with Gasteiger partial charge in [-0.2, -0.15) is 0 Å². The molecule has 0 saturated heterocycles. The van der Waals surface area contributed by atoms with Crippen molar-refractivity contribution in [3.05, 3.63) is 65.2 Å². The fraction of sp³-hybridized carbons (Fsp3) is 0.278. The summed E-state index contributed by atoms with van der Waals surface area (Å²) in [5, 5.41) is 3.99. The van der Waals surface area contributed by atoms with Gasteiger partial charge in [0.1, 0.15) is 0 Å². The van der Waals surface area contributed by atoms with Crippen molar-refractivity contribution in [2.45, 2.75) is 19.3 Å². The minimum Gasteiger partial charge on any atom is -0.326 e. The molecular formula is C18H18BrNO. The number of hydrogen-bond donors (Lipinski definition) is 1. The lowest BCUT2D eigenvalue weighted by Gasteiger charge is -2.11. The lowest BCUT2D eigenvalue weighted by Crippen LogP contribution is -2.23. The number of aryl methyl sites for hydroxylation is 1. The smallest absolute Gasteiger partial charge is 0.228 e. The van der Waals surface area contributed by atoms with Crippen LogP contribution in [0.4, 0.5) is 5.69 Å². The Balaban J connectivity index is 1.62. The van der Waals surface area contributed by atoms with Crippen LogP contribution in [0.2, 0.25) is 0 Å². The van der Waals surface area contributed by atoms with Crippen LogP contribution in [0.25, 0.3) is 0 Å². The summed E-state index contributed by atoms with van der Waals surface area (Å²) in [6.07, 6.45) is 2.71. The van der Waals surface area contributed by atoms with Gasteiger partial charge in [-0.15, -0.1) is 0 Å². The lowest BCUT2D eigenvalue weighted by atomic mass is 10.1. The van der Waals surface area contributed by atoms with Crippen molar-refractivity contribution in [2.75, 3.05) is 10.6 Å². The molecule has 2 nitrogen and oxygen atoms in total. The second kappa shape index (κ2) is 6.44. The Morgan fingerprint density at radius 2 is 1.67 bits per heavy atom. The van der Waals surface area contributed by atoms with E-state index >= 15 is 0 Å². The number of anilines is 1. The Bertz CT molecular complexity index is 611. The average Bonchev–Trinajstić information content (AvgIpc) is 2.94. The van der Waals surface area contributed by atoms with Gasteiger partial charge in [0, 0.05) is 16.9 Å². The van der Waals surface area contributed by atoms with Crippen molar-refractivity contribution < 1.29 is 4.79 Å². The van der Waals surface area contributed by atoms with Crippen molar-refractivity contribution >= 4 is 27.5 Å². The zero-order chi connectivity index (χ0) is 14.7. The molecule has 0 spiro atoms. The van der Waals surface area contributed by atoms with Gasteiger partial charge in [-0.1, -0.05) is 52.3 Å². The fourth-order valence-corrected chi connectivity index (χ4v) is 3.31. The Hall–Kier alpha value is -1.61. The highest BCUT2D eigenvalue weighted by Crippen LogP contribution is 2.27. The largest absolute Gasteiger partial charge is 0.326 e. The SMILES string of the molecule is O=C(Nc1ccc(CCBr)cc1)C1Cc2ccccc2C1. The number of amides is 1. The van der Waals surface area contributed by atoms with Crippen LogP contribution in [0, 0.1) is 5.92 Å². The number of benzene rings is 2. The first kappa shape index (κ1) is 14.3. The van der Waals surface area contributed by atoms with Gasteiger partial charge in [-0.25, -0.2) is 0 Å². The van der Waals surface area contributed by atoms with Gasteiger partial charge >= 0.3 is 0 Å². The van der Waals surface area contributed by atoms with E-state index in [1.54, 1.807) is 0 Å². The van der Waals surface area contributed by atoms with Crippen LogP contribution in [-0.2, 0) is 24.1 Å².